The van der Waals surface area contributed by atoms with E-state index in [1.54, 1.807) is 0 Å². The van der Waals surface area contributed by atoms with Gasteiger partial charge in [0.1, 0.15) is 0 Å². The summed E-state index contributed by atoms with van der Waals surface area (Å²) in [6.45, 7) is 7.22. The number of carbonyl (C=O) groups excluding carboxylic acids is 2. The Balaban J connectivity index is 1.53. The standard InChI is InChI=1S/C21H24N2O2/c1-16-3-7-18(8-4-16)20(24)15-22-11-13-23(14-12-22)21(25)19-9-5-17(2)6-10-19/h3-10H,11-15H2,1-2H3. The van der Waals surface area contributed by atoms with Crippen molar-refractivity contribution in [2.24, 2.45) is 0 Å². The number of rotatable bonds is 4. The van der Waals surface area contributed by atoms with Crippen LogP contribution in [0.15, 0.2) is 48.5 Å². The number of hydrogen-bond acceptors (Lipinski definition) is 3. The van der Waals surface area contributed by atoms with Gasteiger partial charge in [-0.2, -0.15) is 0 Å². The molecule has 0 aliphatic carbocycles. The Morgan fingerprint density at radius 3 is 1.76 bits per heavy atom. The van der Waals surface area contributed by atoms with Crippen LogP contribution >= 0.6 is 0 Å². The van der Waals surface area contributed by atoms with Crippen molar-refractivity contribution in [1.82, 2.24) is 9.80 Å². The van der Waals surface area contributed by atoms with Gasteiger partial charge in [-0.25, -0.2) is 0 Å². The first-order valence-electron chi connectivity index (χ1n) is 8.71. The number of piperazine rings is 1. The fraction of sp³-hybridized carbons (Fsp3) is 0.333. The highest BCUT2D eigenvalue weighted by molar-refractivity contribution is 5.97. The summed E-state index contributed by atoms with van der Waals surface area (Å²) in [5.74, 6) is 0.211. The van der Waals surface area contributed by atoms with Crippen molar-refractivity contribution in [3.8, 4) is 0 Å². The number of Topliss-reactive ketones (excluding diaryl/α,β-unsaturated/α-hetero) is 1. The SMILES string of the molecule is Cc1ccc(C(=O)CN2CCN(C(=O)c3ccc(C)cc3)CC2)cc1. The number of ketones is 1. The lowest BCUT2D eigenvalue weighted by atomic mass is 10.1. The Labute approximate surface area is 149 Å². The molecule has 2 aromatic rings. The zero-order valence-electron chi connectivity index (χ0n) is 14.9. The highest BCUT2D eigenvalue weighted by Gasteiger charge is 2.23. The Kier molecular flexibility index (Phi) is 5.29. The molecule has 1 amide bonds. The zero-order valence-corrected chi connectivity index (χ0v) is 14.9. The van der Waals surface area contributed by atoms with E-state index < -0.39 is 0 Å². The van der Waals surface area contributed by atoms with Gasteiger partial charge in [-0.15, -0.1) is 0 Å². The molecule has 1 aliphatic heterocycles. The van der Waals surface area contributed by atoms with Crippen LogP contribution in [0, 0.1) is 13.8 Å². The molecule has 0 saturated carbocycles. The number of benzene rings is 2. The van der Waals surface area contributed by atoms with E-state index in [0.717, 1.165) is 35.3 Å². The van der Waals surface area contributed by atoms with Gasteiger partial charge in [-0.1, -0.05) is 47.5 Å². The van der Waals surface area contributed by atoms with Gasteiger partial charge in [-0.3, -0.25) is 14.5 Å². The molecule has 3 rings (SSSR count). The fourth-order valence-corrected chi connectivity index (χ4v) is 3.02. The van der Waals surface area contributed by atoms with Crippen LogP contribution < -0.4 is 0 Å². The Morgan fingerprint density at radius 2 is 1.24 bits per heavy atom. The van der Waals surface area contributed by atoms with E-state index in [1.165, 1.54) is 0 Å². The van der Waals surface area contributed by atoms with E-state index in [0.29, 0.717) is 19.6 Å². The third kappa shape index (κ3) is 4.34. The van der Waals surface area contributed by atoms with Gasteiger partial charge < -0.3 is 4.90 Å². The third-order valence-electron chi connectivity index (χ3n) is 4.70. The van der Waals surface area contributed by atoms with Crippen molar-refractivity contribution < 1.29 is 9.59 Å². The maximum absolute atomic E-state index is 12.5. The molecule has 1 aliphatic rings. The van der Waals surface area contributed by atoms with E-state index in [4.69, 9.17) is 0 Å². The predicted molar refractivity (Wildman–Crippen MR) is 99.0 cm³/mol. The van der Waals surface area contributed by atoms with Crippen LogP contribution in [0.3, 0.4) is 0 Å². The largest absolute Gasteiger partial charge is 0.336 e. The second-order valence-corrected chi connectivity index (χ2v) is 6.72. The van der Waals surface area contributed by atoms with Gasteiger partial charge in [0.15, 0.2) is 5.78 Å². The minimum atomic E-state index is 0.0736. The number of nitrogens with zero attached hydrogens (tertiary/aromatic N) is 2. The molecule has 0 unspecified atom stereocenters. The molecule has 1 heterocycles. The summed E-state index contributed by atoms with van der Waals surface area (Å²) < 4.78 is 0. The average Bonchev–Trinajstić information content (AvgIpc) is 2.63. The summed E-state index contributed by atoms with van der Waals surface area (Å²) in [6, 6.07) is 15.4. The molecule has 1 fully saturated rings. The number of carbonyl (C=O) groups is 2. The van der Waals surface area contributed by atoms with Crippen LogP contribution in [-0.4, -0.2) is 54.2 Å². The molecule has 25 heavy (non-hydrogen) atoms. The van der Waals surface area contributed by atoms with Gasteiger partial charge in [0, 0.05) is 37.3 Å². The molecule has 0 spiro atoms. The summed E-state index contributed by atoms with van der Waals surface area (Å²) in [5, 5.41) is 0. The first kappa shape index (κ1) is 17.4. The lowest BCUT2D eigenvalue weighted by Gasteiger charge is -2.34. The summed E-state index contributed by atoms with van der Waals surface area (Å²) in [6.07, 6.45) is 0. The molecular formula is C21H24N2O2. The van der Waals surface area contributed by atoms with Gasteiger partial charge in [0.2, 0.25) is 0 Å². The monoisotopic (exact) mass is 336 g/mol. The van der Waals surface area contributed by atoms with Crippen LogP contribution in [0.4, 0.5) is 0 Å². The fourth-order valence-electron chi connectivity index (χ4n) is 3.02. The molecule has 0 N–H and O–H groups in total. The summed E-state index contributed by atoms with van der Waals surface area (Å²) in [4.78, 5) is 28.9. The van der Waals surface area contributed by atoms with Crippen molar-refractivity contribution in [2.45, 2.75) is 13.8 Å². The smallest absolute Gasteiger partial charge is 0.253 e. The van der Waals surface area contributed by atoms with Gasteiger partial charge in [0.25, 0.3) is 5.91 Å². The highest BCUT2D eigenvalue weighted by Crippen LogP contribution is 2.11. The van der Waals surface area contributed by atoms with Crippen molar-refractivity contribution in [3.05, 3.63) is 70.8 Å². The maximum Gasteiger partial charge on any atom is 0.253 e. The normalized spacial score (nSPS) is 15.2. The molecule has 0 aromatic heterocycles. The predicted octanol–water partition coefficient (Wildman–Crippen LogP) is 2.94. The Bertz CT molecular complexity index is 742. The second kappa shape index (κ2) is 7.62. The van der Waals surface area contributed by atoms with Crippen LogP contribution in [-0.2, 0) is 0 Å². The van der Waals surface area contributed by atoms with Crippen LogP contribution in [0.1, 0.15) is 31.8 Å². The topological polar surface area (TPSA) is 40.6 Å². The van der Waals surface area contributed by atoms with Gasteiger partial charge in [-0.05, 0) is 26.0 Å². The lowest BCUT2D eigenvalue weighted by Crippen LogP contribution is -2.49. The van der Waals surface area contributed by atoms with Crippen LogP contribution in [0.5, 0.6) is 0 Å². The number of hydrogen-bond donors (Lipinski definition) is 0. The number of aryl methyl sites for hydroxylation is 2. The van der Waals surface area contributed by atoms with E-state index >= 15 is 0 Å². The molecule has 0 atom stereocenters. The van der Waals surface area contributed by atoms with Crippen LogP contribution in [0.2, 0.25) is 0 Å². The third-order valence-corrected chi connectivity index (χ3v) is 4.70. The van der Waals surface area contributed by atoms with Crippen molar-refractivity contribution >= 4 is 11.7 Å². The van der Waals surface area contributed by atoms with Gasteiger partial charge >= 0.3 is 0 Å². The number of amides is 1. The van der Waals surface area contributed by atoms with E-state index in [9.17, 15) is 9.59 Å². The molecule has 2 aromatic carbocycles. The second-order valence-electron chi connectivity index (χ2n) is 6.72. The van der Waals surface area contributed by atoms with Crippen molar-refractivity contribution in [3.63, 3.8) is 0 Å². The molecule has 4 nitrogen and oxygen atoms in total. The molecular weight excluding hydrogens is 312 g/mol. The highest BCUT2D eigenvalue weighted by atomic mass is 16.2. The van der Waals surface area contributed by atoms with Gasteiger partial charge in [0.05, 0.1) is 6.54 Å². The van der Waals surface area contributed by atoms with E-state index in [2.05, 4.69) is 4.90 Å². The first-order valence-corrected chi connectivity index (χ1v) is 8.71. The Morgan fingerprint density at radius 1 is 0.760 bits per heavy atom. The minimum Gasteiger partial charge on any atom is -0.336 e. The van der Waals surface area contributed by atoms with Crippen LogP contribution in [0.25, 0.3) is 0 Å². The molecule has 130 valence electrons. The van der Waals surface area contributed by atoms with E-state index in [1.807, 2.05) is 67.3 Å². The van der Waals surface area contributed by atoms with E-state index in [-0.39, 0.29) is 11.7 Å². The minimum absolute atomic E-state index is 0.0736. The maximum atomic E-state index is 12.5. The summed E-state index contributed by atoms with van der Waals surface area (Å²) in [5.41, 5.74) is 3.79. The first-order chi connectivity index (χ1) is 12.0. The molecule has 0 radical (unpaired) electrons. The average molecular weight is 336 g/mol. The zero-order chi connectivity index (χ0) is 17.8. The van der Waals surface area contributed by atoms with Crippen molar-refractivity contribution in [1.29, 1.82) is 0 Å². The summed E-state index contributed by atoms with van der Waals surface area (Å²) in [7, 11) is 0. The lowest BCUT2D eigenvalue weighted by molar-refractivity contribution is 0.0624. The molecule has 4 heteroatoms. The molecule has 1 saturated heterocycles. The summed E-state index contributed by atoms with van der Waals surface area (Å²) >= 11 is 0. The van der Waals surface area contributed by atoms with Crippen molar-refractivity contribution in [2.75, 3.05) is 32.7 Å². The Hall–Kier alpha value is -2.46. The molecule has 0 bridgehead atoms. The quantitative estimate of drug-likeness (QED) is 0.806.